The van der Waals surface area contributed by atoms with Crippen LogP contribution in [-0.2, 0) is 4.79 Å². The van der Waals surface area contributed by atoms with Crippen molar-refractivity contribution in [3.8, 4) is 5.75 Å². The van der Waals surface area contributed by atoms with E-state index in [0.717, 1.165) is 25.7 Å². The zero-order valence-electron chi connectivity index (χ0n) is 11.6. The molecular formula is C14H18N4O3. The lowest BCUT2D eigenvalue weighted by Gasteiger charge is -2.23. The SMILES string of the molecule is O=C1COc2ccc(NC(=O)NC3CCCCC3)nc2N1. The summed E-state index contributed by atoms with van der Waals surface area (Å²) in [5.41, 5.74) is 0. The maximum Gasteiger partial charge on any atom is 0.320 e. The molecule has 0 radical (unpaired) electrons. The number of nitrogens with zero attached hydrogens (tertiary/aromatic N) is 1. The van der Waals surface area contributed by atoms with Crippen molar-refractivity contribution in [2.75, 3.05) is 17.2 Å². The van der Waals surface area contributed by atoms with Gasteiger partial charge in [-0.15, -0.1) is 0 Å². The predicted octanol–water partition coefficient (Wildman–Crippen LogP) is 1.87. The molecule has 2 heterocycles. The van der Waals surface area contributed by atoms with Gasteiger partial charge in [0.05, 0.1) is 0 Å². The topological polar surface area (TPSA) is 92.3 Å². The van der Waals surface area contributed by atoms with Crippen molar-refractivity contribution >= 4 is 23.6 Å². The summed E-state index contributed by atoms with van der Waals surface area (Å²) in [6, 6.07) is 3.30. The summed E-state index contributed by atoms with van der Waals surface area (Å²) in [4.78, 5) is 27.3. The van der Waals surface area contributed by atoms with Crippen LogP contribution in [0.5, 0.6) is 5.75 Å². The largest absolute Gasteiger partial charge is 0.480 e. The number of aromatic nitrogens is 1. The first-order valence-electron chi connectivity index (χ1n) is 7.22. The third kappa shape index (κ3) is 3.42. The van der Waals surface area contributed by atoms with E-state index in [4.69, 9.17) is 4.74 Å². The van der Waals surface area contributed by atoms with E-state index in [9.17, 15) is 9.59 Å². The molecule has 3 rings (SSSR count). The molecule has 0 unspecified atom stereocenters. The molecule has 0 spiro atoms. The van der Waals surface area contributed by atoms with Crippen LogP contribution < -0.4 is 20.7 Å². The Bertz CT molecular complexity index is 555. The fraction of sp³-hybridized carbons (Fsp3) is 0.500. The van der Waals surface area contributed by atoms with Crippen LogP contribution in [0.15, 0.2) is 12.1 Å². The zero-order chi connectivity index (χ0) is 14.7. The summed E-state index contributed by atoms with van der Waals surface area (Å²) >= 11 is 0. The molecule has 1 aromatic rings. The number of nitrogens with one attached hydrogen (secondary N) is 3. The van der Waals surface area contributed by atoms with Crippen LogP contribution >= 0.6 is 0 Å². The Balaban J connectivity index is 1.60. The average Bonchev–Trinajstić information content (AvgIpc) is 2.47. The molecule has 112 valence electrons. The van der Waals surface area contributed by atoms with E-state index in [0.29, 0.717) is 17.4 Å². The highest BCUT2D eigenvalue weighted by Gasteiger charge is 2.19. The molecule has 2 aliphatic rings. The van der Waals surface area contributed by atoms with Crippen LogP contribution in [0.4, 0.5) is 16.4 Å². The van der Waals surface area contributed by atoms with Crippen molar-refractivity contribution in [1.82, 2.24) is 10.3 Å². The predicted molar refractivity (Wildman–Crippen MR) is 77.4 cm³/mol. The van der Waals surface area contributed by atoms with Crippen molar-refractivity contribution in [2.24, 2.45) is 0 Å². The Morgan fingerprint density at radius 1 is 1.29 bits per heavy atom. The van der Waals surface area contributed by atoms with E-state index in [1.165, 1.54) is 6.42 Å². The number of carbonyl (C=O) groups is 2. The number of rotatable bonds is 2. The molecular weight excluding hydrogens is 272 g/mol. The number of urea groups is 1. The van der Waals surface area contributed by atoms with E-state index in [2.05, 4.69) is 20.9 Å². The first-order chi connectivity index (χ1) is 10.2. The Hall–Kier alpha value is -2.31. The molecule has 1 aromatic heterocycles. The minimum atomic E-state index is -0.266. The fourth-order valence-corrected chi connectivity index (χ4v) is 2.62. The van der Waals surface area contributed by atoms with Crippen molar-refractivity contribution in [1.29, 1.82) is 0 Å². The molecule has 1 aliphatic heterocycles. The number of hydrogen-bond acceptors (Lipinski definition) is 4. The second-order valence-electron chi connectivity index (χ2n) is 5.31. The normalized spacial score (nSPS) is 18.2. The van der Waals surface area contributed by atoms with E-state index in [1.54, 1.807) is 12.1 Å². The Morgan fingerprint density at radius 2 is 2.10 bits per heavy atom. The molecule has 3 amide bonds. The van der Waals surface area contributed by atoms with Crippen LogP contribution in [0, 0.1) is 0 Å². The van der Waals surface area contributed by atoms with Crippen LogP contribution in [0.1, 0.15) is 32.1 Å². The quantitative estimate of drug-likeness (QED) is 0.775. The second kappa shape index (κ2) is 5.99. The van der Waals surface area contributed by atoms with Gasteiger partial charge in [-0.3, -0.25) is 10.1 Å². The van der Waals surface area contributed by atoms with E-state index in [1.807, 2.05) is 0 Å². The molecule has 1 fully saturated rings. The summed E-state index contributed by atoms with van der Waals surface area (Å²) in [5.74, 6) is 0.973. The van der Waals surface area contributed by atoms with Gasteiger partial charge in [-0.25, -0.2) is 9.78 Å². The Kier molecular flexibility index (Phi) is 3.89. The van der Waals surface area contributed by atoms with E-state index < -0.39 is 0 Å². The Morgan fingerprint density at radius 3 is 2.90 bits per heavy atom. The molecule has 7 heteroatoms. The Labute approximate surface area is 122 Å². The molecule has 21 heavy (non-hydrogen) atoms. The van der Waals surface area contributed by atoms with Gasteiger partial charge in [-0.05, 0) is 25.0 Å². The minimum absolute atomic E-state index is 0.0103. The number of anilines is 2. The summed E-state index contributed by atoms with van der Waals surface area (Å²) < 4.78 is 5.21. The molecule has 1 saturated carbocycles. The highest BCUT2D eigenvalue weighted by atomic mass is 16.5. The lowest BCUT2D eigenvalue weighted by atomic mass is 9.96. The van der Waals surface area contributed by atoms with Gasteiger partial charge in [0.15, 0.2) is 18.2 Å². The third-order valence-corrected chi connectivity index (χ3v) is 3.66. The van der Waals surface area contributed by atoms with Gasteiger partial charge in [0, 0.05) is 6.04 Å². The fourth-order valence-electron chi connectivity index (χ4n) is 2.62. The number of hydrogen-bond donors (Lipinski definition) is 3. The van der Waals surface area contributed by atoms with Crippen molar-refractivity contribution in [2.45, 2.75) is 38.1 Å². The van der Waals surface area contributed by atoms with Crippen LogP contribution in [0.2, 0.25) is 0 Å². The molecule has 1 aliphatic carbocycles. The molecule has 7 nitrogen and oxygen atoms in total. The number of ether oxygens (including phenoxy) is 1. The summed E-state index contributed by atoms with van der Waals surface area (Å²) in [7, 11) is 0. The smallest absolute Gasteiger partial charge is 0.320 e. The highest BCUT2D eigenvalue weighted by molar-refractivity contribution is 5.95. The second-order valence-corrected chi connectivity index (χ2v) is 5.31. The summed E-state index contributed by atoms with van der Waals surface area (Å²) in [6.07, 6.45) is 5.60. The standard InChI is InChI=1S/C14H18N4O3/c19-12-8-21-10-6-7-11(16-13(10)18-12)17-14(20)15-9-4-2-1-3-5-9/h6-7,9H,1-5,8H2,(H3,15,16,17,18,19,20). The van der Waals surface area contributed by atoms with Gasteiger partial charge >= 0.3 is 6.03 Å². The third-order valence-electron chi connectivity index (χ3n) is 3.66. The van der Waals surface area contributed by atoms with Gasteiger partial charge < -0.3 is 15.4 Å². The van der Waals surface area contributed by atoms with Crippen LogP contribution in [0.3, 0.4) is 0 Å². The maximum atomic E-state index is 11.9. The number of carbonyl (C=O) groups excluding carboxylic acids is 2. The first kappa shape index (κ1) is 13.7. The lowest BCUT2D eigenvalue weighted by molar-refractivity contribution is -0.118. The molecule has 3 N–H and O–H groups in total. The van der Waals surface area contributed by atoms with Crippen LogP contribution in [0.25, 0.3) is 0 Å². The van der Waals surface area contributed by atoms with Gasteiger partial charge in [-0.1, -0.05) is 19.3 Å². The molecule has 0 atom stereocenters. The number of amides is 3. The van der Waals surface area contributed by atoms with Gasteiger partial charge in [0.1, 0.15) is 5.82 Å². The lowest BCUT2D eigenvalue weighted by Crippen LogP contribution is -2.39. The van der Waals surface area contributed by atoms with Gasteiger partial charge in [-0.2, -0.15) is 0 Å². The van der Waals surface area contributed by atoms with E-state index in [-0.39, 0.29) is 24.6 Å². The molecule has 0 aromatic carbocycles. The zero-order valence-corrected chi connectivity index (χ0v) is 11.6. The number of pyridine rings is 1. The maximum absolute atomic E-state index is 11.9. The van der Waals surface area contributed by atoms with Gasteiger partial charge in [0.25, 0.3) is 5.91 Å². The minimum Gasteiger partial charge on any atom is -0.480 e. The molecule has 0 bridgehead atoms. The van der Waals surface area contributed by atoms with Crippen molar-refractivity contribution in [3.05, 3.63) is 12.1 Å². The van der Waals surface area contributed by atoms with Crippen molar-refractivity contribution in [3.63, 3.8) is 0 Å². The molecule has 0 saturated heterocycles. The summed E-state index contributed by atoms with van der Waals surface area (Å²) in [5, 5.41) is 8.24. The first-order valence-corrected chi connectivity index (χ1v) is 7.22. The highest BCUT2D eigenvalue weighted by Crippen LogP contribution is 2.26. The van der Waals surface area contributed by atoms with Crippen molar-refractivity contribution < 1.29 is 14.3 Å². The number of fused-ring (bicyclic) bond motifs is 1. The average molecular weight is 290 g/mol. The monoisotopic (exact) mass is 290 g/mol. The van der Waals surface area contributed by atoms with E-state index >= 15 is 0 Å². The van der Waals surface area contributed by atoms with Gasteiger partial charge in [0.2, 0.25) is 0 Å². The summed E-state index contributed by atoms with van der Waals surface area (Å²) in [6.45, 7) is -0.0103. The van der Waals surface area contributed by atoms with Crippen LogP contribution in [-0.4, -0.2) is 29.6 Å².